The predicted molar refractivity (Wildman–Crippen MR) is 129 cm³/mol. The first-order valence-corrected chi connectivity index (χ1v) is 11.4. The Balaban J connectivity index is 1.62. The molecule has 3 rings (SSSR count). The smallest absolute Gasteiger partial charge is 0.243 e. The zero-order valence-electron chi connectivity index (χ0n) is 17.5. The summed E-state index contributed by atoms with van der Waals surface area (Å²) >= 11 is 6.27. The number of carbonyl (C=O) groups is 1. The molecule has 0 unspecified atom stereocenters. The van der Waals surface area contributed by atoms with Crippen molar-refractivity contribution in [2.75, 3.05) is 18.4 Å². The van der Waals surface area contributed by atoms with Gasteiger partial charge < -0.3 is 16.0 Å². The number of anilines is 1. The van der Waals surface area contributed by atoms with E-state index in [1.54, 1.807) is 12.3 Å². The number of rotatable bonds is 10. The maximum Gasteiger partial charge on any atom is 0.243 e. The number of amides is 1. The quantitative estimate of drug-likeness (QED) is 0.376. The molecule has 32 heavy (non-hydrogen) atoms. The summed E-state index contributed by atoms with van der Waals surface area (Å²) in [5.41, 5.74) is 2.10. The van der Waals surface area contributed by atoms with Gasteiger partial charge in [0.25, 0.3) is 0 Å². The van der Waals surface area contributed by atoms with Crippen molar-refractivity contribution in [1.82, 2.24) is 15.6 Å². The molecule has 3 aromatic rings. The van der Waals surface area contributed by atoms with Crippen LogP contribution >= 0.6 is 23.6 Å². The van der Waals surface area contributed by atoms with Gasteiger partial charge in [-0.15, -0.1) is 11.3 Å². The molecule has 1 aromatic heterocycles. The van der Waals surface area contributed by atoms with E-state index in [4.69, 9.17) is 12.2 Å². The summed E-state index contributed by atoms with van der Waals surface area (Å²) in [7, 11) is 0. The largest absolute Gasteiger partial charge is 0.380 e. The van der Waals surface area contributed by atoms with Crippen LogP contribution in [0.5, 0.6) is 0 Å². The lowest BCUT2D eigenvalue weighted by Gasteiger charge is -2.18. The Kier molecular flexibility index (Phi) is 8.78. The van der Waals surface area contributed by atoms with Gasteiger partial charge in [-0.2, -0.15) is 0 Å². The third-order valence-corrected chi connectivity index (χ3v) is 5.62. The topological polar surface area (TPSA) is 66.0 Å². The highest BCUT2D eigenvalue weighted by Crippen LogP contribution is 2.26. The lowest BCUT2D eigenvalue weighted by atomic mass is 10.1. The van der Waals surface area contributed by atoms with E-state index in [0.29, 0.717) is 40.9 Å². The van der Waals surface area contributed by atoms with E-state index < -0.39 is 17.7 Å². The third kappa shape index (κ3) is 7.15. The first-order chi connectivity index (χ1) is 15.4. The molecule has 1 atom stereocenters. The highest BCUT2D eigenvalue weighted by atomic mass is 32.1. The van der Waals surface area contributed by atoms with Crippen molar-refractivity contribution < 1.29 is 13.6 Å². The van der Waals surface area contributed by atoms with E-state index in [9.17, 15) is 13.6 Å². The molecule has 0 aliphatic carbocycles. The molecule has 1 amide bonds. The number of halogens is 2. The molecule has 0 saturated heterocycles. The Hall–Kier alpha value is -2.75. The second-order valence-corrected chi connectivity index (χ2v) is 8.64. The minimum Gasteiger partial charge on any atom is -0.380 e. The fourth-order valence-electron chi connectivity index (χ4n) is 3.07. The average Bonchev–Trinajstić information content (AvgIpc) is 3.23. The van der Waals surface area contributed by atoms with Crippen molar-refractivity contribution in [3.8, 4) is 11.3 Å². The van der Waals surface area contributed by atoms with Gasteiger partial charge in [-0.3, -0.25) is 4.79 Å². The first kappa shape index (κ1) is 23.9. The molecule has 0 saturated carbocycles. The summed E-state index contributed by atoms with van der Waals surface area (Å²) < 4.78 is 26.7. The highest BCUT2D eigenvalue weighted by Gasteiger charge is 2.19. The zero-order valence-corrected chi connectivity index (χ0v) is 19.2. The van der Waals surface area contributed by atoms with Gasteiger partial charge in [0.15, 0.2) is 16.8 Å². The van der Waals surface area contributed by atoms with Gasteiger partial charge in [0.1, 0.15) is 0 Å². The van der Waals surface area contributed by atoms with Gasteiger partial charge in [0.2, 0.25) is 5.91 Å². The van der Waals surface area contributed by atoms with Crippen LogP contribution in [0.2, 0.25) is 0 Å². The van der Waals surface area contributed by atoms with Crippen LogP contribution in [0.15, 0.2) is 53.9 Å². The van der Waals surface area contributed by atoms with E-state index in [0.717, 1.165) is 18.6 Å². The molecule has 0 aliphatic rings. The molecule has 0 bridgehead atoms. The number of nitrogens with zero attached hydrogens (tertiary/aromatic N) is 1. The molecule has 1 heterocycles. The van der Waals surface area contributed by atoms with Crippen LogP contribution in [0.25, 0.3) is 11.3 Å². The highest BCUT2D eigenvalue weighted by molar-refractivity contribution is 7.80. The molecule has 0 fully saturated rings. The average molecular weight is 475 g/mol. The number of hydrogen-bond acceptors (Lipinski definition) is 5. The number of hydrogen-bond donors (Lipinski definition) is 3. The molecule has 3 N–H and O–H groups in total. The van der Waals surface area contributed by atoms with E-state index in [-0.39, 0.29) is 5.91 Å². The molecule has 5 nitrogen and oxygen atoms in total. The van der Waals surface area contributed by atoms with Crippen molar-refractivity contribution in [2.24, 2.45) is 0 Å². The van der Waals surface area contributed by atoms with Crippen LogP contribution in [0.4, 0.5) is 13.9 Å². The second-order valence-electron chi connectivity index (χ2n) is 7.17. The number of thiazole rings is 1. The number of nitrogens with one attached hydrogen (secondary N) is 3. The van der Waals surface area contributed by atoms with Crippen molar-refractivity contribution in [3.05, 3.63) is 71.1 Å². The molecule has 168 valence electrons. The van der Waals surface area contributed by atoms with Gasteiger partial charge in [0.05, 0.1) is 16.7 Å². The van der Waals surface area contributed by atoms with Gasteiger partial charge in [-0.25, -0.2) is 13.8 Å². The van der Waals surface area contributed by atoms with Crippen molar-refractivity contribution in [3.63, 3.8) is 0 Å². The Morgan fingerprint density at radius 1 is 1.12 bits per heavy atom. The summed E-state index contributed by atoms with van der Waals surface area (Å²) in [5.74, 6) is -2.07. The summed E-state index contributed by atoms with van der Waals surface area (Å²) in [4.78, 5) is 17.9. The van der Waals surface area contributed by atoms with Crippen LogP contribution in [0.3, 0.4) is 0 Å². The minimum atomic E-state index is -0.940. The molecular weight excluding hydrogens is 450 g/mol. The SMILES string of the molecule is CC(=S)NCC[C@H](NCCc1ccccc1)C(=O)Nc1nc(-c2ccc(F)c(F)c2)cs1. The van der Waals surface area contributed by atoms with Crippen LogP contribution in [0, 0.1) is 11.6 Å². The Labute approximate surface area is 195 Å². The Morgan fingerprint density at radius 2 is 1.91 bits per heavy atom. The van der Waals surface area contributed by atoms with Crippen LogP contribution in [-0.2, 0) is 11.2 Å². The lowest BCUT2D eigenvalue weighted by molar-refractivity contribution is -0.118. The Morgan fingerprint density at radius 3 is 2.62 bits per heavy atom. The minimum absolute atomic E-state index is 0.215. The first-order valence-electron chi connectivity index (χ1n) is 10.2. The van der Waals surface area contributed by atoms with Crippen molar-refractivity contribution >= 4 is 39.6 Å². The molecular formula is C23H24F2N4OS2. The number of benzene rings is 2. The van der Waals surface area contributed by atoms with Crippen molar-refractivity contribution in [1.29, 1.82) is 0 Å². The van der Waals surface area contributed by atoms with Gasteiger partial charge in [-0.05, 0) is 50.1 Å². The van der Waals surface area contributed by atoms with Gasteiger partial charge in [0, 0.05) is 17.5 Å². The number of carbonyl (C=O) groups excluding carboxylic acids is 1. The zero-order chi connectivity index (χ0) is 22.9. The van der Waals surface area contributed by atoms with Gasteiger partial charge >= 0.3 is 0 Å². The molecule has 0 spiro atoms. The fourth-order valence-corrected chi connectivity index (χ4v) is 3.89. The van der Waals surface area contributed by atoms with E-state index in [1.807, 2.05) is 30.3 Å². The summed E-state index contributed by atoms with van der Waals surface area (Å²) in [6, 6.07) is 13.2. The van der Waals surface area contributed by atoms with Crippen LogP contribution in [0.1, 0.15) is 18.9 Å². The van der Waals surface area contributed by atoms with Crippen LogP contribution in [-0.4, -0.2) is 35.0 Å². The number of thiocarbonyl (C=S) groups is 1. The number of aromatic nitrogens is 1. The monoisotopic (exact) mass is 474 g/mol. The third-order valence-electron chi connectivity index (χ3n) is 4.72. The molecule has 2 aromatic carbocycles. The molecule has 0 aliphatic heterocycles. The molecule has 0 radical (unpaired) electrons. The summed E-state index contributed by atoms with van der Waals surface area (Å²) in [5, 5.41) is 11.3. The fraction of sp³-hybridized carbons (Fsp3) is 0.261. The van der Waals surface area contributed by atoms with E-state index in [1.165, 1.54) is 23.0 Å². The maximum atomic E-state index is 13.5. The Bertz CT molecular complexity index is 1060. The molecule has 9 heteroatoms. The second kappa shape index (κ2) is 11.8. The maximum absolute atomic E-state index is 13.5. The van der Waals surface area contributed by atoms with Gasteiger partial charge in [-0.1, -0.05) is 42.5 Å². The summed E-state index contributed by atoms with van der Waals surface area (Å²) in [6.07, 6.45) is 1.33. The lowest BCUT2D eigenvalue weighted by Crippen LogP contribution is -2.43. The standard InChI is InChI=1S/C23H24F2N4OS2/c1-15(31)26-12-10-20(27-11-9-16-5-3-2-4-6-16)22(30)29-23-28-21(14-32-23)17-7-8-18(24)19(25)13-17/h2-8,13-14,20,27H,9-12H2,1H3,(H,26,31)(H,28,29,30)/t20-/m0/s1. The predicted octanol–water partition coefficient (Wildman–Crippen LogP) is 4.55. The summed E-state index contributed by atoms with van der Waals surface area (Å²) in [6.45, 7) is 2.99. The van der Waals surface area contributed by atoms with Crippen LogP contribution < -0.4 is 16.0 Å². The van der Waals surface area contributed by atoms with E-state index in [2.05, 4.69) is 20.9 Å². The normalized spacial score (nSPS) is 11.7. The van der Waals surface area contributed by atoms with Crippen molar-refractivity contribution in [2.45, 2.75) is 25.8 Å². The van der Waals surface area contributed by atoms with E-state index >= 15 is 0 Å².